The van der Waals surface area contributed by atoms with Crippen LogP contribution in [0.5, 0.6) is 0 Å². The van der Waals surface area contributed by atoms with Crippen molar-refractivity contribution in [3.63, 3.8) is 0 Å². The zero-order valence-corrected chi connectivity index (χ0v) is 17.2. The van der Waals surface area contributed by atoms with Crippen molar-refractivity contribution < 1.29 is 4.39 Å². The van der Waals surface area contributed by atoms with Crippen molar-refractivity contribution in [1.82, 2.24) is 9.88 Å². The Morgan fingerprint density at radius 1 is 1.00 bits per heavy atom. The average Bonchev–Trinajstić information content (AvgIpc) is 3.14. The van der Waals surface area contributed by atoms with Gasteiger partial charge in [-0.2, -0.15) is 5.26 Å². The molecule has 1 saturated heterocycles. The maximum Gasteiger partial charge on any atom is 0.123 e. The van der Waals surface area contributed by atoms with Crippen molar-refractivity contribution >= 4 is 29.0 Å². The highest BCUT2D eigenvalue weighted by molar-refractivity contribution is 5.85. The van der Waals surface area contributed by atoms with E-state index in [1.54, 1.807) is 0 Å². The molecule has 0 radical (unpaired) electrons. The monoisotopic (exact) mass is 412 g/mol. The van der Waals surface area contributed by atoms with Crippen LogP contribution in [0.3, 0.4) is 0 Å². The number of piperazine rings is 1. The quantitative estimate of drug-likeness (QED) is 0.594. The van der Waals surface area contributed by atoms with E-state index in [2.05, 4.69) is 27.0 Å². The van der Waals surface area contributed by atoms with E-state index >= 15 is 0 Å². The molecular formula is C23H26ClFN4. The minimum atomic E-state index is -0.179. The summed E-state index contributed by atoms with van der Waals surface area (Å²) in [7, 11) is 0. The Labute approximate surface area is 177 Å². The number of nitrogens with one attached hydrogen (secondary N) is 1. The van der Waals surface area contributed by atoms with Gasteiger partial charge in [0.2, 0.25) is 0 Å². The second-order valence-corrected chi connectivity index (χ2v) is 7.45. The van der Waals surface area contributed by atoms with Crippen LogP contribution in [0.1, 0.15) is 24.0 Å². The van der Waals surface area contributed by atoms with E-state index in [9.17, 15) is 4.39 Å². The molecule has 2 aromatic carbocycles. The number of unbranched alkanes of at least 4 members (excludes halogenated alkanes) is 1. The van der Waals surface area contributed by atoms with Crippen molar-refractivity contribution in [2.24, 2.45) is 0 Å². The van der Waals surface area contributed by atoms with Crippen LogP contribution in [0.2, 0.25) is 0 Å². The van der Waals surface area contributed by atoms with Crippen molar-refractivity contribution in [3.8, 4) is 6.07 Å². The fourth-order valence-corrected chi connectivity index (χ4v) is 3.99. The van der Waals surface area contributed by atoms with Gasteiger partial charge in [-0.15, -0.1) is 12.4 Å². The summed E-state index contributed by atoms with van der Waals surface area (Å²) in [6.45, 7) is 5.20. The van der Waals surface area contributed by atoms with E-state index in [1.807, 2.05) is 30.3 Å². The van der Waals surface area contributed by atoms with Crippen molar-refractivity contribution in [1.29, 1.82) is 5.26 Å². The minimum absolute atomic E-state index is 0. The first-order chi connectivity index (χ1) is 13.7. The molecule has 152 valence electrons. The third-order valence-electron chi connectivity index (χ3n) is 5.63. The summed E-state index contributed by atoms with van der Waals surface area (Å²) >= 11 is 0. The Hall–Kier alpha value is -2.55. The maximum absolute atomic E-state index is 13.1. The smallest absolute Gasteiger partial charge is 0.123 e. The van der Waals surface area contributed by atoms with Crippen LogP contribution in [-0.2, 0) is 6.42 Å². The first-order valence-electron chi connectivity index (χ1n) is 9.96. The predicted molar refractivity (Wildman–Crippen MR) is 118 cm³/mol. The van der Waals surface area contributed by atoms with Gasteiger partial charge in [0.1, 0.15) is 5.82 Å². The number of aromatic nitrogens is 1. The van der Waals surface area contributed by atoms with Gasteiger partial charge in [0.15, 0.2) is 0 Å². The number of nitriles is 1. The lowest BCUT2D eigenvalue weighted by atomic mass is 10.1. The number of fused-ring (bicyclic) bond motifs is 1. The summed E-state index contributed by atoms with van der Waals surface area (Å²) in [5, 5.41) is 10.3. The molecule has 1 aromatic heterocycles. The van der Waals surface area contributed by atoms with Gasteiger partial charge < -0.3 is 9.88 Å². The third-order valence-corrected chi connectivity index (χ3v) is 5.63. The molecule has 0 aliphatic carbocycles. The van der Waals surface area contributed by atoms with Gasteiger partial charge in [-0.25, -0.2) is 4.39 Å². The van der Waals surface area contributed by atoms with E-state index in [0.29, 0.717) is 5.56 Å². The second-order valence-electron chi connectivity index (χ2n) is 7.45. The van der Waals surface area contributed by atoms with E-state index in [4.69, 9.17) is 5.26 Å². The molecule has 3 aromatic rings. The molecule has 1 aliphatic heterocycles. The third kappa shape index (κ3) is 5.09. The lowest BCUT2D eigenvalue weighted by molar-refractivity contribution is 0.253. The van der Waals surface area contributed by atoms with Crippen LogP contribution >= 0.6 is 12.4 Å². The highest BCUT2D eigenvalue weighted by Gasteiger charge is 2.16. The standard InChI is InChI=1S/C23H25FN4.ClH/c24-20-5-7-21(8-6-20)28-13-11-27(12-14-28)10-2-1-3-19-17-26-23-9-4-18(16-25)15-22(19)23;/h4-9,15,17,26H,1-3,10-14H2;1H. The van der Waals surface area contributed by atoms with Gasteiger partial charge in [0.25, 0.3) is 0 Å². The number of rotatable bonds is 6. The van der Waals surface area contributed by atoms with Crippen LogP contribution in [0.15, 0.2) is 48.7 Å². The Morgan fingerprint density at radius 2 is 1.76 bits per heavy atom. The predicted octanol–water partition coefficient (Wildman–Crippen LogP) is 4.75. The summed E-state index contributed by atoms with van der Waals surface area (Å²) in [5.74, 6) is -0.179. The molecule has 0 atom stereocenters. The van der Waals surface area contributed by atoms with E-state index in [1.165, 1.54) is 29.5 Å². The summed E-state index contributed by atoms with van der Waals surface area (Å²) in [4.78, 5) is 8.15. The normalized spacial score (nSPS) is 14.6. The summed E-state index contributed by atoms with van der Waals surface area (Å²) in [6.07, 6.45) is 5.42. The second kappa shape index (κ2) is 9.78. The highest BCUT2D eigenvalue weighted by Crippen LogP contribution is 2.22. The molecule has 1 N–H and O–H groups in total. The molecule has 4 rings (SSSR count). The van der Waals surface area contributed by atoms with Gasteiger partial charge in [-0.05, 0) is 73.8 Å². The van der Waals surface area contributed by atoms with E-state index < -0.39 is 0 Å². The van der Waals surface area contributed by atoms with Crippen LogP contribution in [0, 0.1) is 17.1 Å². The van der Waals surface area contributed by atoms with Gasteiger partial charge in [-0.1, -0.05) is 0 Å². The summed E-state index contributed by atoms with van der Waals surface area (Å²) in [5.41, 5.74) is 4.23. The number of halogens is 2. The number of nitrogens with zero attached hydrogens (tertiary/aromatic N) is 3. The number of anilines is 1. The molecule has 1 aliphatic rings. The summed E-state index contributed by atoms with van der Waals surface area (Å²) in [6, 6.07) is 14.8. The van der Waals surface area contributed by atoms with Crippen LogP contribution < -0.4 is 4.90 Å². The molecule has 0 amide bonds. The molecule has 4 nitrogen and oxygen atoms in total. The summed E-state index contributed by atoms with van der Waals surface area (Å²) < 4.78 is 13.1. The Bertz CT molecular complexity index is 969. The van der Waals surface area contributed by atoms with Crippen molar-refractivity contribution in [2.45, 2.75) is 19.3 Å². The fourth-order valence-electron chi connectivity index (χ4n) is 3.99. The van der Waals surface area contributed by atoms with Crippen LogP contribution in [0.25, 0.3) is 10.9 Å². The lowest BCUT2D eigenvalue weighted by Gasteiger charge is -2.36. The fraction of sp³-hybridized carbons (Fsp3) is 0.348. The average molecular weight is 413 g/mol. The van der Waals surface area contributed by atoms with Crippen molar-refractivity contribution in [3.05, 3.63) is 65.6 Å². The van der Waals surface area contributed by atoms with E-state index in [0.717, 1.165) is 56.8 Å². The number of hydrogen-bond acceptors (Lipinski definition) is 3. The number of hydrogen-bond donors (Lipinski definition) is 1. The van der Waals surface area contributed by atoms with Gasteiger partial charge in [0, 0.05) is 49.0 Å². The number of aromatic amines is 1. The number of aryl methyl sites for hydroxylation is 1. The van der Waals surface area contributed by atoms with Crippen LogP contribution in [-0.4, -0.2) is 42.6 Å². The van der Waals surface area contributed by atoms with Gasteiger partial charge >= 0.3 is 0 Å². The molecule has 0 spiro atoms. The largest absolute Gasteiger partial charge is 0.369 e. The first kappa shape index (κ1) is 21.2. The zero-order valence-electron chi connectivity index (χ0n) is 16.4. The molecule has 0 unspecified atom stereocenters. The topological polar surface area (TPSA) is 46.1 Å². The first-order valence-corrected chi connectivity index (χ1v) is 9.96. The minimum Gasteiger partial charge on any atom is -0.369 e. The molecular weight excluding hydrogens is 387 g/mol. The van der Waals surface area contributed by atoms with Gasteiger partial charge in [0.05, 0.1) is 11.6 Å². The van der Waals surface area contributed by atoms with Crippen LogP contribution in [0.4, 0.5) is 10.1 Å². The molecule has 1 fully saturated rings. The Kier molecular flexibility index (Phi) is 7.13. The molecule has 0 saturated carbocycles. The molecule has 0 bridgehead atoms. The number of benzene rings is 2. The van der Waals surface area contributed by atoms with Crippen molar-refractivity contribution in [2.75, 3.05) is 37.6 Å². The number of H-pyrrole nitrogens is 1. The Morgan fingerprint density at radius 3 is 2.48 bits per heavy atom. The lowest BCUT2D eigenvalue weighted by Crippen LogP contribution is -2.46. The molecule has 2 heterocycles. The zero-order chi connectivity index (χ0) is 19.3. The molecule has 29 heavy (non-hydrogen) atoms. The SMILES string of the molecule is Cl.N#Cc1ccc2[nH]cc(CCCCN3CCN(c4ccc(F)cc4)CC3)c2c1. The van der Waals surface area contributed by atoms with E-state index in [-0.39, 0.29) is 18.2 Å². The Balaban J connectivity index is 0.00000240. The highest BCUT2D eigenvalue weighted by atomic mass is 35.5. The molecule has 6 heteroatoms. The van der Waals surface area contributed by atoms with Gasteiger partial charge in [-0.3, -0.25) is 4.90 Å². The maximum atomic E-state index is 13.1.